The standard InChI is InChI=1S/C23H33FN4O4/c1-14(22(31)25-13-21(29)30)26-23(32)17-11-18(24)20(28-16-7-3-2-4-8-16)12-19(17)27-15-9-5-6-10-15/h11-12,14-16,27-28H,2-10,13H2,1H3,(H,25,31)(H,26,32)(H,29,30)/t14-/m0/s1. The zero-order chi connectivity index (χ0) is 23.1. The number of carbonyl (C=O) groups excluding carboxylic acids is 2. The summed E-state index contributed by atoms with van der Waals surface area (Å²) >= 11 is 0. The Bertz CT molecular complexity index is 836. The summed E-state index contributed by atoms with van der Waals surface area (Å²) in [5, 5.41) is 20.2. The number of hydrogen-bond acceptors (Lipinski definition) is 5. The molecule has 0 unspecified atom stereocenters. The molecule has 0 aliphatic heterocycles. The Kier molecular flexibility index (Phi) is 8.30. The molecule has 2 fully saturated rings. The number of carboxylic acids is 1. The second-order valence-corrected chi connectivity index (χ2v) is 8.79. The van der Waals surface area contributed by atoms with Crippen molar-refractivity contribution in [3.05, 3.63) is 23.5 Å². The van der Waals surface area contributed by atoms with Gasteiger partial charge in [-0.2, -0.15) is 0 Å². The number of rotatable bonds is 9. The van der Waals surface area contributed by atoms with E-state index in [9.17, 15) is 18.8 Å². The van der Waals surface area contributed by atoms with Gasteiger partial charge in [0.1, 0.15) is 18.4 Å². The smallest absolute Gasteiger partial charge is 0.322 e. The number of benzene rings is 1. The summed E-state index contributed by atoms with van der Waals surface area (Å²) in [6.45, 7) is 0.915. The minimum Gasteiger partial charge on any atom is -0.480 e. The summed E-state index contributed by atoms with van der Waals surface area (Å²) in [4.78, 5) is 35.6. The summed E-state index contributed by atoms with van der Waals surface area (Å²) in [6.07, 6.45) is 9.61. The Labute approximate surface area is 187 Å². The normalized spacial score (nSPS) is 18.1. The van der Waals surface area contributed by atoms with Gasteiger partial charge in [-0.1, -0.05) is 32.1 Å². The number of nitrogens with one attached hydrogen (secondary N) is 4. The van der Waals surface area contributed by atoms with Crippen LogP contribution in [0.4, 0.5) is 15.8 Å². The minimum absolute atomic E-state index is 0.126. The van der Waals surface area contributed by atoms with E-state index in [1.54, 1.807) is 6.07 Å². The van der Waals surface area contributed by atoms with Crippen molar-refractivity contribution >= 4 is 29.2 Å². The fraction of sp³-hybridized carbons (Fsp3) is 0.609. The highest BCUT2D eigenvalue weighted by Crippen LogP contribution is 2.31. The molecule has 0 radical (unpaired) electrons. The van der Waals surface area contributed by atoms with Gasteiger partial charge in [-0.3, -0.25) is 14.4 Å². The molecule has 0 aromatic heterocycles. The van der Waals surface area contributed by atoms with Gasteiger partial charge in [-0.05, 0) is 44.7 Å². The Morgan fingerprint density at radius 1 is 0.969 bits per heavy atom. The zero-order valence-electron chi connectivity index (χ0n) is 18.5. The van der Waals surface area contributed by atoms with Gasteiger partial charge in [0.15, 0.2) is 0 Å². The third-order valence-corrected chi connectivity index (χ3v) is 6.19. The topological polar surface area (TPSA) is 120 Å². The van der Waals surface area contributed by atoms with E-state index < -0.39 is 36.2 Å². The minimum atomic E-state index is -1.18. The quantitative estimate of drug-likeness (QED) is 0.396. The number of aliphatic carboxylic acids is 1. The van der Waals surface area contributed by atoms with Crippen molar-refractivity contribution in [1.29, 1.82) is 0 Å². The average molecular weight is 449 g/mol. The lowest BCUT2D eigenvalue weighted by atomic mass is 9.95. The molecule has 0 bridgehead atoms. The molecular formula is C23H33FN4O4. The van der Waals surface area contributed by atoms with Crippen LogP contribution in [0.1, 0.15) is 75.1 Å². The van der Waals surface area contributed by atoms with Gasteiger partial charge >= 0.3 is 5.97 Å². The Morgan fingerprint density at radius 2 is 1.53 bits per heavy atom. The Hall–Kier alpha value is -2.84. The molecular weight excluding hydrogens is 415 g/mol. The van der Waals surface area contributed by atoms with Crippen molar-refractivity contribution in [3.8, 4) is 0 Å². The molecule has 1 aromatic carbocycles. The third-order valence-electron chi connectivity index (χ3n) is 6.19. The zero-order valence-corrected chi connectivity index (χ0v) is 18.5. The number of carbonyl (C=O) groups is 3. The van der Waals surface area contributed by atoms with Crippen molar-refractivity contribution in [1.82, 2.24) is 10.6 Å². The van der Waals surface area contributed by atoms with E-state index in [0.717, 1.165) is 51.4 Å². The van der Waals surface area contributed by atoms with Crippen LogP contribution in [0.3, 0.4) is 0 Å². The van der Waals surface area contributed by atoms with Gasteiger partial charge in [0.05, 0.1) is 11.3 Å². The molecule has 9 heteroatoms. The molecule has 5 N–H and O–H groups in total. The second-order valence-electron chi connectivity index (χ2n) is 8.79. The van der Waals surface area contributed by atoms with Crippen LogP contribution in [0.5, 0.6) is 0 Å². The van der Waals surface area contributed by atoms with Gasteiger partial charge in [0.2, 0.25) is 5.91 Å². The fourth-order valence-electron chi connectivity index (χ4n) is 4.40. The van der Waals surface area contributed by atoms with Crippen LogP contribution in [-0.4, -0.2) is 47.6 Å². The van der Waals surface area contributed by atoms with Crippen molar-refractivity contribution < 1.29 is 23.9 Å². The van der Waals surface area contributed by atoms with E-state index in [2.05, 4.69) is 21.3 Å². The first-order chi connectivity index (χ1) is 15.3. The van der Waals surface area contributed by atoms with Crippen LogP contribution in [0.15, 0.2) is 12.1 Å². The van der Waals surface area contributed by atoms with Gasteiger partial charge in [0, 0.05) is 17.8 Å². The SMILES string of the molecule is C[C@H](NC(=O)c1cc(F)c(NC2CCCCC2)cc1NC1CCCC1)C(=O)NCC(=O)O. The largest absolute Gasteiger partial charge is 0.480 e. The molecule has 1 atom stereocenters. The van der Waals surface area contributed by atoms with Gasteiger partial charge < -0.3 is 26.4 Å². The number of halogens is 1. The van der Waals surface area contributed by atoms with Crippen molar-refractivity contribution in [3.63, 3.8) is 0 Å². The van der Waals surface area contributed by atoms with Crippen molar-refractivity contribution in [2.45, 2.75) is 82.8 Å². The highest BCUT2D eigenvalue weighted by atomic mass is 19.1. The first-order valence-corrected chi connectivity index (χ1v) is 11.5. The van der Waals surface area contributed by atoms with E-state index in [-0.39, 0.29) is 17.6 Å². The highest BCUT2D eigenvalue weighted by molar-refractivity contribution is 6.02. The van der Waals surface area contributed by atoms with Gasteiger partial charge in [-0.15, -0.1) is 0 Å². The molecule has 8 nitrogen and oxygen atoms in total. The molecule has 2 saturated carbocycles. The number of carboxylic acid groups (broad SMARTS) is 1. The van der Waals surface area contributed by atoms with Crippen LogP contribution < -0.4 is 21.3 Å². The van der Waals surface area contributed by atoms with Crippen molar-refractivity contribution in [2.24, 2.45) is 0 Å². The molecule has 1 aromatic rings. The van der Waals surface area contributed by atoms with E-state index >= 15 is 0 Å². The predicted octanol–water partition coefficient (Wildman–Crippen LogP) is 3.24. The monoisotopic (exact) mass is 448 g/mol. The Balaban J connectivity index is 1.77. The van der Waals surface area contributed by atoms with Crippen LogP contribution >= 0.6 is 0 Å². The molecule has 2 aliphatic rings. The first kappa shape index (κ1) is 23.8. The second kappa shape index (κ2) is 11.2. The lowest BCUT2D eigenvalue weighted by Crippen LogP contribution is -2.46. The molecule has 3 rings (SSSR count). The molecule has 32 heavy (non-hydrogen) atoms. The maximum atomic E-state index is 14.9. The van der Waals surface area contributed by atoms with Crippen LogP contribution in [0.2, 0.25) is 0 Å². The molecule has 2 aliphatic carbocycles. The van der Waals surface area contributed by atoms with E-state index in [0.29, 0.717) is 11.4 Å². The van der Waals surface area contributed by atoms with Crippen LogP contribution in [-0.2, 0) is 9.59 Å². The number of amides is 2. The number of anilines is 2. The number of hydrogen-bond donors (Lipinski definition) is 5. The summed E-state index contributed by atoms with van der Waals surface area (Å²) in [6, 6.07) is 2.33. The first-order valence-electron chi connectivity index (χ1n) is 11.5. The average Bonchev–Trinajstić information content (AvgIpc) is 3.27. The Morgan fingerprint density at radius 3 is 2.12 bits per heavy atom. The van der Waals surface area contributed by atoms with E-state index in [4.69, 9.17) is 5.11 Å². The lowest BCUT2D eigenvalue weighted by molar-refractivity contribution is -0.138. The van der Waals surface area contributed by atoms with Gasteiger partial charge in [0.25, 0.3) is 5.91 Å². The van der Waals surface area contributed by atoms with Crippen molar-refractivity contribution in [2.75, 3.05) is 17.2 Å². The molecule has 0 heterocycles. The van der Waals surface area contributed by atoms with E-state index in [1.807, 2.05) is 0 Å². The summed E-state index contributed by atoms with van der Waals surface area (Å²) in [5.74, 6) is -2.91. The lowest BCUT2D eigenvalue weighted by Gasteiger charge is -2.25. The summed E-state index contributed by atoms with van der Waals surface area (Å²) in [5.41, 5.74) is 1.04. The summed E-state index contributed by atoms with van der Waals surface area (Å²) < 4.78 is 14.9. The maximum absolute atomic E-state index is 14.9. The maximum Gasteiger partial charge on any atom is 0.322 e. The van der Waals surface area contributed by atoms with E-state index in [1.165, 1.54) is 19.4 Å². The molecule has 0 saturated heterocycles. The van der Waals surface area contributed by atoms with Gasteiger partial charge in [-0.25, -0.2) is 4.39 Å². The predicted molar refractivity (Wildman–Crippen MR) is 120 cm³/mol. The highest BCUT2D eigenvalue weighted by Gasteiger charge is 2.24. The molecule has 2 amide bonds. The molecule has 176 valence electrons. The third kappa shape index (κ3) is 6.58. The molecule has 0 spiro atoms. The van der Waals surface area contributed by atoms with Crippen LogP contribution in [0, 0.1) is 5.82 Å². The van der Waals surface area contributed by atoms with Crippen LogP contribution in [0.25, 0.3) is 0 Å². The fourth-order valence-corrected chi connectivity index (χ4v) is 4.40. The summed E-state index contributed by atoms with van der Waals surface area (Å²) in [7, 11) is 0.